The van der Waals surface area contributed by atoms with Crippen molar-refractivity contribution in [2.45, 2.75) is 0 Å². The molecule has 2 aromatic carbocycles. The minimum atomic E-state index is -1.47. The molecule has 0 N–H and O–H groups in total. The SMILES string of the molecule is N#Cc1ccc([O][Zr][O]c2ccc(C#N)cc2)cc1. The van der Waals surface area contributed by atoms with E-state index in [4.69, 9.17) is 16.2 Å². The molecule has 0 amide bonds. The van der Waals surface area contributed by atoms with Gasteiger partial charge in [-0.2, -0.15) is 0 Å². The Morgan fingerprint density at radius 3 is 1.37 bits per heavy atom. The van der Waals surface area contributed by atoms with Gasteiger partial charge < -0.3 is 0 Å². The topological polar surface area (TPSA) is 66.0 Å². The monoisotopic (exact) mass is 326 g/mol. The first-order valence-electron chi connectivity index (χ1n) is 5.41. The first-order chi connectivity index (χ1) is 9.31. The van der Waals surface area contributed by atoms with E-state index in [9.17, 15) is 0 Å². The first kappa shape index (κ1) is 13.3. The van der Waals surface area contributed by atoms with Crippen LogP contribution in [0.25, 0.3) is 0 Å². The molecule has 0 unspecified atom stereocenters. The molecule has 0 heterocycles. The average Bonchev–Trinajstić information content (AvgIpc) is 2.49. The molecule has 0 aliphatic rings. The Morgan fingerprint density at radius 1 is 0.684 bits per heavy atom. The van der Waals surface area contributed by atoms with E-state index in [1.807, 2.05) is 12.1 Å². The van der Waals surface area contributed by atoms with E-state index in [-0.39, 0.29) is 0 Å². The third-order valence-electron chi connectivity index (χ3n) is 2.29. The Bertz CT molecular complexity index is 567. The van der Waals surface area contributed by atoms with Gasteiger partial charge in [0.1, 0.15) is 0 Å². The molecule has 2 aromatic rings. The summed E-state index contributed by atoms with van der Waals surface area (Å²) in [6, 6.07) is 17.9. The van der Waals surface area contributed by atoms with E-state index in [2.05, 4.69) is 0 Å². The van der Waals surface area contributed by atoms with Crippen molar-refractivity contribution in [2.24, 2.45) is 0 Å². The maximum atomic E-state index is 8.67. The number of hydrogen-bond donors (Lipinski definition) is 0. The van der Waals surface area contributed by atoms with Crippen LogP contribution in [0.4, 0.5) is 0 Å². The molecule has 0 radical (unpaired) electrons. The van der Waals surface area contributed by atoms with Crippen LogP contribution in [0.15, 0.2) is 48.5 Å². The van der Waals surface area contributed by atoms with Crippen LogP contribution in [-0.4, -0.2) is 0 Å². The second kappa shape index (κ2) is 6.73. The van der Waals surface area contributed by atoms with Crippen molar-refractivity contribution >= 4 is 0 Å². The Hall–Kier alpha value is -2.10. The average molecular weight is 327 g/mol. The fourth-order valence-electron chi connectivity index (χ4n) is 1.31. The summed E-state index contributed by atoms with van der Waals surface area (Å²) in [7, 11) is 0. The van der Waals surface area contributed by atoms with Gasteiger partial charge in [0.25, 0.3) is 0 Å². The summed E-state index contributed by atoms with van der Waals surface area (Å²) < 4.78 is 11.1. The van der Waals surface area contributed by atoms with E-state index >= 15 is 0 Å². The zero-order valence-corrected chi connectivity index (χ0v) is 12.3. The number of rotatable bonds is 4. The minimum absolute atomic E-state index is 0.603. The number of nitrogens with zero attached hydrogens (tertiary/aromatic N) is 2. The van der Waals surface area contributed by atoms with Crippen LogP contribution >= 0.6 is 0 Å². The van der Waals surface area contributed by atoms with Crippen molar-refractivity contribution in [3.05, 3.63) is 59.7 Å². The number of benzene rings is 2. The van der Waals surface area contributed by atoms with Gasteiger partial charge in [-0.25, -0.2) is 0 Å². The molecule has 4 nitrogen and oxygen atoms in total. The molecule has 0 fully saturated rings. The summed E-state index contributed by atoms with van der Waals surface area (Å²) in [4.78, 5) is 0. The van der Waals surface area contributed by atoms with Gasteiger partial charge in [-0.15, -0.1) is 0 Å². The summed E-state index contributed by atoms with van der Waals surface area (Å²) in [6.07, 6.45) is 0. The summed E-state index contributed by atoms with van der Waals surface area (Å²) in [5.41, 5.74) is 1.21. The van der Waals surface area contributed by atoms with Gasteiger partial charge in [0.15, 0.2) is 0 Å². The first-order valence-corrected chi connectivity index (χ1v) is 7.41. The van der Waals surface area contributed by atoms with E-state index < -0.39 is 24.1 Å². The summed E-state index contributed by atoms with van der Waals surface area (Å²) in [5.74, 6) is 1.42. The summed E-state index contributed by atoms with van der Waals surface area (Å²) in [5, 5.41) is 17.3. The van der Waals surface area contributed by atoms with Crippen molar-refractivity contribution in [3.63, 3.8) is 0 Å². The van der Waals surface area contributed by atoms with Crippen molar-refractivity contribution < 1.29 is 29.7 Å². The van der Waals surface area contributed by atoms with Gasteiger partial charge in [0.2, 0.25) is 0 Å². The van der Waals surface area contributed by atoms with E-state index in [0.29, 0.717) is 22.6 Å². The van der Waals surface area contributed by atoms with Crippen LogP contribution in [0.3, 0.4) is 0 Å². The molecule has 19 heavy (non-hydrogen) atoms. The third-order valence-corrected chi connectivity index (χ3v) is 3.85. The van der Waals surface area contributed by atoms with E-state index in [0.717, 1.165) is 0 Å². The summed E-state index contributed by atoms with van der Waals surface area (Å²) >= 11 is -1.47. The second-order valence-electron chi connectivity index (χ2n) is 3.56. The zero-order valence-electron chi connectivity index (χ0n) is 9.83. The molecule has 0 atom stereocenters. The molecule has 0 spiro atoms. The van der Waals surface area contributed by atoms with Crippen LogP contribution in [-0.2, 0) is 24.1 Å². The Balaban J connectivity index is 1.85. The van der Waals surface area contributed by atoms with Crippen molar-refractivity contribution in [1.82, 2.24) is 0 Å². The van der Waals surface area contributed by atoms with Gasteiger partial charge in [-0.3, -0.25) is 0 Å². The molecule has 2 rings (SSSR count). The van der Waals surface area contributed by atoms with Gasteiger partial charge in [0.05, 0.1) is 0 Å². The molecular weight excluding hydrogens is 319 g/mol. The van der Waals surface area contributed by atoms with Crippen LogP contribution in [0.1, 0.15) is 11.1 Å². The van der Waals surface area contributed by atoms with Crippen LogP contribution in [0.2, 0.25) is 0 Å². The summed E-state index contributed by atoms with van der Waals surface area (Å²) in [6.45, 7) is 0. The quantitative estimate of drug-likeness (QED) is 0.866. The Labute approximate surface area is 123 Å². The Kier molecular flexibility index (Phi) is 4.73. The van der Waals surface area contributed by atoms with E-state index in [1.165, 1.54) is 0 Å². The third kappa shape index (κ3) is 3.95. The molecule has 0 saturated carbocycles. The fourth-order valence-corrected chi connectivity index (χ4v) is 2.56. The predicted molar refractivity (Wildman–Crippen MR) is 63.6 cm³/mol. The van der Waals surface area contributed by atoms with Gasteiger partial charge in [-0.05, 0) is 0 Å². The van der Waals surface area contributed by atoms with Crippen molar-refractivity contribution in [3.8, 4) is 23.6 Å². The van der Waals surface area contributed by atoms with Crippen LogP contribution in [0, 0.1) is 22.7 Å². The van der Waals surface area contributed by atoms with Crippen LogP contribution in [0.5, 0.6) is 11.5 Å². The molecule has 90 valence electrons. The van der Waals surface area contributed by atoms with E-state index in [1.54, 1.807) is 48.5 Å². The Morgan fingerprint density at radius 2 is 1.05 bits per heavy atom. The molecule has 0 aromatic heterocycles. The van der Waals surface area contributed by atoms with Crippen LogP contribution < -0.4 is 5.63 Å². The standard InChI is InChI=1S/2C7H5NO.Zr/c2*8-5-6-1-3-7(9)4-2-6;/h2*1-4,9H;/q;;+2/p-2. The van der Waals surface area contributed by atoms with Gasteiger partial charge >= 0.3 is 124 Å². The fraction of sp³-hybridized carbons (Fsp3) is 0. The zero-order chi connectivity index (χ0) is 13.5. The normalized spacial score (nSPS) is 8.95. The molecule has 0 aliphatic carbocycles. The van der Waals surface area contributed by atoms with Crippen molar-refractivity contribution in [1.29, 1.82) is 10.5 Å². The molecular formula is C14H8N2O2Zr. The van der Waals surface area contributed by atoms with Gasteiger partial charge in [-0.1, -0.05) is 0 Å². The molecule has 0 bridgehead atoms. The van der Waals surface area contributed by atoms with Crippen molar-refractivity contribution in [2.75, 3.05) is 0 Å². The number of hydrogen-bond acceptors (Lipinski definition) is 4. The second-order valence-corrected chi connectivity index (χ2v) is 4.97. The van der Waals surface area contributed by atoms with Gasteiger partial charge in [0, 0.05) is 0 Å². The maximum absolute atomic E-state index is 8.67. The molecule has 0 aliphatic heterocycles. The molecule has 0 saturated heterocycles. The predicted octanol–water partition coefficient (Wildman–Crippen LogP) is 2.80. The molecule has 5 heteroatoms. The number of nitriles is 2.